The van der Waals surface area contributed by atoms with E-state index >= 15 is 0 Å². The first-order valence-electron chi connectivity index (χ1n) is 24.3. The van der Waals surface area contributed by atoms with Crippen molar-refractivity contribution in [3.8, 4) is 11.1 Å². The van der Waals surface area contributed by atoms with Gasteiger partial charge in [-0.1, -0.05) is 143 Å². The topological polar surface area (TPSA) is 19.6 Å². The lowest BCUT2D eigenvalue weighted by molar-refractivity contribution is 0.332. The van der Waals surface area contributed by atoms with E-state index < -0.39 is 0 Å². The van der Waals surface area contributed by atoms with Crippen LogP contribution in [0.5, 0.6) is 0 Å². The Balaban J connectivity index is 1.25. The van der Waals surface area contributed by atoms with Crippen LogP contribution >= 0.6 is 0 Å². The molecule has 1 aromatic heterocycles. The molecule has 3 nitrogen and oxygen atoms in total. The molecule has 1 heterocycles. The standard InChI is InChI=1S/C63H68N2O/c1-41-34-47(64(45-23-26-52-54(39-45)62(9,10)32-30-60(52,5)6)46-24-27-53-55(40-46)63(11,12)33-31-61(53,7)8)37-48(35-41)65(44-25-29-58-51(38-44)49-20-16-17-21-57(49)66-58)56-28-22-43(59(2,3)4)36-50(56)42-18-14-13-15-19-42/h13-29,34-40H,30-33H2,1-12H3. The Labute approximate surface area is 394 Å². The number of rotatable bonds is 7. The predicted molar refractivity (Wildman–Crippen MR) is 283 cm³/mol. The van der Waals surface area contributed by atoms with E-state index in [2.05, 4.69) is 238 Å². The molecule has 0 fully saturated rings. The molecule has 0 spiro atoms. The Morgan fingerprint density at radius 2 is 0.924 bits per heavy atom. The van der Waals surface area contributed by atoms with E-state index in [1.54, 1.807) is 0 Å². The Kier molecular flexibility index (Phi) is 10.3. The fraction of sp³-hybridized carbons (Fsp3) is 0.333. The van der Waals surface area contributed by atoms with Crippen molar-refractivity contribution in [2.75, 3.05) is 9.80 Å². The average molecular weight is 869 g/mol. The molecule has 7 aromatic carbocycles. The molecule has 0 saturated carbocycles. The summed E-state index contributed by atoms with van der Waals surface area (Å²) in [5.41, 5.74) is 19.7. The van der Waals surface area contributed by atoms with Crippen molar-refractivity contribution in [1.29, 1.82) is 0 Å². The smallest absolute Gasteiger partial charge is 0.135 e. The summed E-state index contributed by atoms with van der Waals surface area (Å²) in [5, 5.41) is 2.23. The van der Waals surface area contributed by atoms with Crippen molar-refractivity contribution >= 4 is 56.1 Å². The maximum absolute atomic E-state index is 6.42. The molecule has 0 N–H and O–H groups in total. The second-order valence-corrected chi connectivity index (χ2v) is 23.3. The molecule has 2 aliphatic rings. The van der Waals surface area contributed by atoms with Crippen LogP contribution in [0.15, 0.2) is 150 Å². The van der Waals surface area contributed by atoms with Crippen molar-refractivity contribution in [3.05, 3.63) is 179 Å². The van der Waals surface area contributed by atoms with Crippen molar-refractivity contribution in [1.82, 2.24) is 0 Å². The zero-order chi connectivity index (χ0) is 46.6. The summed E-state index contributed by atoms with van der Waals surface area (Å²) < 4.78 is 6.42. The molecule has 0 bridgehead atoms. The molecule has 0 aliphatic heterocycles. The highest BCUT2D eigenvalue weighted by molar-refractivity contribution is 6.07. The molecular weight excluding hydrogens is 801 g/mol. The lowest BCUT2D eigenvalue weighted by Gasteiger charge is -2.43. The van der Waals surface area contributed by atoms with E-state index in [1.165, 1.54) is 68.7 Å². The molecule has 0 amide bonds. The van der Waals surface area contributed by atoms with Crippen LogP contribution in [0.3, 0.4) is 0 Å². The average Bonchev–Trinajstić information content (AvgIpc) is 3.65. The second-order valence-electron chi connectivity index (χ2n) is 23.3. The normalized spacial score (nSPS) is 17.0. The van der Waals surface area contributed by atoms with Gasteiger partial charge in [-0.15, -0.1) is 0 Å². The Hall–Kier alpha value is -6.06. The van der Waals surface area contributed by atoms with Crippen LogP contribution in [0.25, 0.3) is 33.1 Å². The molecule has 336 valence electrons. The van der Waals surface area contributed by atoms with Gasteiger partial charge in [0.25, 0.3) is 0 Å². The van der Waals surface area contributed by atoms with Crippen molar-refractivity contribution in [2.45, 2.75) is 136 Å². The van der Waals surface area contributed by atoms with Crippen LogP contribution in [0, 0.1) is 6.92 Å². The zero-order valence-electron chi connectivity index (χ0n) is 41.5. The van der Waals surface area contributed by atoms with Crippen molar-refractivity contribution in [2.24, 2.45) is 0 Å². The summed E-state index contributed by atoms with van der Waals surface area (Å²) in [5.74, 6) is 0. The highest BCUT2D eigenvalue weighted by Crippen LogP contribution is 2.52. The molecule has 0 unspecified atom stereocenters. The molecule has 8 aromatic rings. The number of hydrogen-bond donors (Lipinski definition) is 0. The fourth-order valence-electron chi connectivity index (χ4n) is 11.2. The summed E-state index contributed by atoms with van der Waals surface area (Å²) in [6.07, 6.45) is 4.70. The molecule has 3 heteroatoms. The van der Waals surface area contributed by atoms with Crippen molar-refractivity contribution in [3.63, 3.8) is 0 Å². The van der Waals surface area contributed by atoms with Gasteiger partial charge in [-0.3, -0.25) is 0 Å². The number of anilines is 6. The van der Waals surface area contributed by atoms with Gasteiger partial charge >= 0.3 is 0 Å². The van der Waals surface area contributed by atoms with Crippen LogP contribution in [-0.2, 0) is 27.1 Å². The van der Waals surface area contributed by atoms with Gasteiger partial charge in [-0.25, -0.2) is 0 Å². The zero-order valence-corrected chi connectivity index (χ0v) is 41.5. The van der Waals surface area contributed by atoms with Crippen LogP contribution in [0.2, 0.25) is 0 Å². The molecular formula is C63H68N2O. The van der Waals surface area contributed by atoms with Gasteiger partial charge in [0.2, 0.25) is 0 Å². The van der Waals surface area contributed by atoms with Crippen LogP contribution in [0.4, 0.5) is 34.1 Å². The van der Waals surface area contributed by atoms with E-state index in [-0.39, 0.29) is 27.1 Å². The first-order valence-corrected chi connectivity index (χ1v) is 24.3. The molecule has 66 heavy (non-hydrogen) atoms. The van der Waals surface area contributed by atoms with Gasteiger partial charge in [0.05, 0.1) is 5.69 Å². The van der Waals surface area contributed by atoms with E-state index in [0.717, 1.165) is 57.5 Å². The molecule has 10 rings (SSSR count). The van der Waals surface area contributed by atoms with Gasteiger partial charge < -0.3 is 14.2 Å². The molecule has 0 atom stereocenters. The minimum atomic E-state index is -0.0319. The summed E-state index contributed by atoms with van der Waals surface area (Å²) >= 11 is 0. The van der Waals surface area contributed by atoms with E-state index in [1.807, 2.05) is 0 Å². The molecule has 0 saturated heterocycles. The van der Waals surface area contributed by atoms with Gasteiger partial charge in [0.15, 0.2) is 0 Å². The largest absolute Gasteiger partial charge is 0.456 e. The van der Waals surface area contributed by atoms with Gasteiger partial charge in [-0.05, 0) is 177 Å². The van der Waals surface area contributed by atoms with Gasteiger partial charge in [0, 0.05) is 44.8 Å². The third-order valence-electron chi connectivity index (χ3n) is 15.6. The second kappa shape index (κ2) is 15.5. The third kappa shape index (κ3) is 7.63. The van der Waals surface area contributed by atoms with E-state index in [0.29, 0.717) is 0 Å². The van der Waals surface area contributed by atoms with Crippen molar-refractivity contribution < 1.29 is 4.42 Å². The Morgan fingerprint density at radius 1 is 0.424 bits per heavy atom. The summed E-state index contributed by atoms with van der Waals surface area (Å²) in [6, 6.07) is 55.0. The van der Waals surface area contributed by atoms with Gasteiger partial charge in [-0.2, -0.15) is 0 Å². The fourth-order valence-corrected chi connectivity index (χ4v) is 11.2. The maximum atomic E-state index is 6.42. The predicted octanol–water partition coefficient (Wildman–Crippen LogP) is 18.5. The first-order chi connectivity index (χ1) is 31.2. The van der Waals surface area contributed by atoms with Crippen LogP contribution in [-0.4, -0.2) is 0 Å². The monoisotopic (exact) mass is 869 g/mol. The lowest BCUT2D eigenvalue weighted by atomic mass is 9.63. The number of furan rings is 1. The molecule has 0 radical (unpaired) electrons. The molecule has 2 aliphatic carbocycles. The minimum Gasteiger partial charge on any atom is -0.456 e. The minimum absolute atomic E-state index is 0.0319. The van der Waals surface area contributed by atoms with E-state index in [9.17, 15) is 0 Å². The number of aryl methyl sites for hydroxylation is 1. The quantitative estimate of drug-likeness (QED) is 0.159. The number of benzene rings is 7. The van der Waals surface area contributed by atoms with Crippen LogP contribution in [0.1, 0.15) is 135 Å². The number of hydrogen-bond acceptors (Lipinski definition) is 3. The first kappa shape index (κ1) is 43.8. The maximum Gasteiger partial charge on any atom is 0.135 e. The van der Waals surface area contributed by atoms with Crippen LogP contribution < -0.4 is 9.80 Å². The SMILES string of the molecule is Cc1cc(N(c2ccc3c(c2)C(C)(C)CCC3(C)C)c2ccc3c(c2)C(C)(C)CCC3(C)C)cc(N(c2ccc3oc4ccccc4c3c2)c2ccc(C(C)(C)C)cc2-c2ccccc2)c1. The van der Waals surface area contributed by atoms with Gasteiger partial charge in [0.1, 0.15) is 11.2 Å². The number of fused-ring (bicyclic) bond motifs is 5. The number of nitrogens with zero attached hydrogens (tertiary/aromatic N) is 2. The third-order valence-corrected chi connectivity index (χ3v) is 15.6. The van der Waals surface area contributed by atoms with E-state index in [4.69, 9.17) is 4.42 Å². The highest BCUT2D eigenvalue weighted by atomic mass is 16.3. The summed E-state index contributed by atoms with van der Waals surface area (Å²) in [4.78, 5) is 5.04. The lowest BCUT2D eigenvalue weighted by Crippen LogP contribution is -2.34. The summed E-state index contributed by atoms with van der Waals surface area (Å²) in [6.45, 7) is 28.6. The number of para-hydroxylation sites is 1. The Bertz CT molecular complexity index is 3070. The summed E-state index contributed by atoms with van der Waals surface area (Å²) in [7, 11) is 0. The highest BCUT2D eigenvalue weighted by Gasteiger charge is 2.39. The Morgan fingerprint density at radius 3 is 1.52 bits per heavy atom.